The van der Waals surface area contributed by atoms with Crippen LogP contribution in [0.4, 0.5) is 6.01 Å². The van der Waals surface area contributed by atoms with Crippen molar-refractivity contribution >= 4 is 22.9 Å². The quantitative estimate of drug-likeness (QED) is 0.598. The molecule has 0 aliphatic heterocycles. The van der Waals surface area contributed by atoms with Gasteiger partial charge in [-0.15, -0.1) is 5.10 Å². The van der Waals surface area contributed by atoms with Gasteiger partial charge in [0, 0.05) is 10.9 Å². The average Bonchev–Trinajstić information content (AvgIpc) is 3.28. The van der Waals surface area contributed by atoms with Crippen LogP contribution >= 0.6 is 0 Å². The molecular formula is C19H15N3O4. The van der Waals surface area contributed by atoms with E-state index in [1.165, 1.54) is 0 Å². The number of furan rings is 1. The predicted octanol–water partition coefficient (Wildman–Crippen LogP) is 4.05. The maximum absolute atomic E-state index is 12.2. The van der Waals surface area contributed by atoms with Gasteiger partial charge >= 0.3 is 6.01 Å². The molecule has 0 aliphatic rings. The van der Waals surface area contributed by atoms with E-state index in [9.17, 15) is 4.79 Å². The Morgan fingerprint density at radius 3 is 2.65 bits per heavy atom. The Kier molecular flexibility index (Phi) is 3.89. The predicted molar refractivity (Wildman–Crippen MR) is 95.2 cm³/mol. The molecule has 0 saturated carbocycles. The van der Waals surface area contributed by atoms with E-state index in [0.717, 1.165) is 10.9 Å². The summed E-state index contributed by atoms with van der Waals surface area (Å²) in [5.74, 6) is 0.850. The molecule has 0 bridgehead atoms. The van der Waals surface area contributed by atoms with Crippen molar-refractivity contribution in [3.63, 3.8) is 0 Å². The average molecular weight is 349 g/mol. The first-order valence-electron chi connectivity index (χ1n) is 7.92. The molecule has 0 saturated heterocycles. The number of hydrogen-bond acceptors (Lipinski definition) is 6. The molecule has 7 heteroatoms. The molecule has 2 aromatic carbocycles. The number of carbonyl (C=O) groups is 1. The molecule has 2 heterocycles. The van der Waals surface area contributed by atoms with E-state index in [-0.39, 0.29) is 17.8 Å². The number of methoxy groups -OCH3 is 1. The van der Waals surface area contributed by atoms with Gasteiger partial charge in [0.1, 0.15) is 0 Å². The lowest BCUT2D eigenvalue weighted by atomic mass is 10.1. The van der Waals surface area contributed by atoms with Gasteiger partial charge < -0.3 is 13.6 Å². The smallest absolute Gasteiger partial charge is 0.322 e. The molecule has 0 fully saturated rings. The second-order valence-electron chi connectivity index (χ2n) is 5.72. The van der Waals surface area contributed by atoms with Gasteiger partial charge in [0.25, 0.3) is 11.8 Å². The van der Waals surface area contributed by atoms with Crippen LogP contribution < -0.4 is 10.1 Å². The molecule has 0 radical (unpaired) electrons. The first-order valence-corrected chi connectivity index (χ1v) is 7.92. The minimum atomic E-state index is -0.327. The molecule has 4 aromatic rings. The molecule has 4 rings (SSSR count). The molecule has 26 heavy (non-hydrogen) atoms. The zero-order valence-corrected chi connectivity index (χ0v) is 14.1. The minimum Gasteiger partial charge on any atom is -0.493 e. The first-order chi connectivity index (χ1) is 12.6. The fourth-order valence-electron chi connectivity index (χ4n) is 2.55. The number of aromatic nitrogens is 2. The van der Waals surface area contributed by atoms with Gasteiger partial charge in [-0.3, -0.25) is 10.1 Å². The Bertz CT molecular complexity index is 1080. The number of amides is 1. The monoisotopic (exact) mass is 349 g/mol. The molecule has 130 valence electrons. The highest BCUT2D eigenvalue weighted by Gasteiger charge is 2.17. The van der Waals surface area contributed by atoms with Crippen molar-refractivity contribution in [2.45, 2.75) is 6.92 Å². The first kappa shape index (κ1) is 15.9. The zero-order valence-electron chi connectivity index (χ0n) is 14.1. The van der Waals surface area contributed by atoms with Crippen molar-refractivity contribution < 1.29 is 18.4 Å². The summed E-state index contributed by atoms with van der Waals surface area (Å²) < 4.78 is 16.5. The summed E-state index contributed by atoms with van der Waals surface area (Å²) in [4.78, 5) is 12.2. The zero-order chi connectivity index (χ0) is 18.1. The van der Waals surface area contributed by atoms with Gasteiger partial charge in [-0.25, -0.2) is 0 Å². The number of ether oxygens (including phenoxy) is 1. The lowest BCUT2D eigenvalue weighted by Gasteiger charge is -2.00. The van der Waals surface area contributed by atoms with E-state index in [1.807, 2.05) is 31.2 Å². The molecule has 7 nitrogen and oxygen atoms in total. The highest BCUT2D eigenvalue weighted by atomic mass is 16.5. The third-order valence-corrected chi connectivity index (χ3v) is 3.90. The third kappa shape index (κ3) is 2.90. The van der Waals surface area contributed by atoms with Crippen LogP contribution in [0.25, 0.3) is 22.6 Å². The van der Waals surface area contributed by atoms with Crippen LogP contribution in [0.1, 0.15) is 15.9 Å². The van der Waals surface area contributed by atoms with Crippen molar-refractivity contribution in [1.29, 1.82) is 0 Å². The van der Waals surface area contributed by atoms with Gasteiger partial charge in [0.05, 0.1) is 7.11 Å². The summed E-state index contributed by atoms with van der Waals surface area (Å²) in [6.45, 7) is 1.95. The number of rotatable bonds is 4. The molecule has 1 N–H and O–H groups in total. The maximum atomic E-state index is 12.2. The fourth-order valence-corrected chi connectivity index (χ4v) is 2.55. The standard InChI is InChI=1S/C19H15N3O4/c1-11-6-8-12(9-7-11)17(23)20-19-22-21-18(26-19)15-10-13-4-3-5-14(24-2)16(13)25-15/h3-10H,1-2H3,(H,20,22,23). The molecule has 0 atom stereocenters. The number of para-hydroxylation sites is 1. The van der Waals surface area contributed by atoms with Gasteiger partial charge in [0.15, 0.2) is 17.1 Å². The number of fused-ring (bicyclic) bond motifs is 1. The van der Waals surface area contributed by atoms with Crippen molar-refractivity contribution in [2.75, 3.05) is 12.4 Å². The van der Waals surface area contributed by atoms with E-state index >= 15 is 0 Å². The number of hydrogen-bond donors (Lipinski definition) is 1. The van der Waals surface area contributed by atoms with E-state index in [4.69, 9.17) is 13.6 Å². The van der Waals surface area contributed by atoms with Gasteiger partial charge in [-0.05, 0) is 31.2 Å². The van der Waals surface area contributed by atoms with Crippen molar-refractivity contribution in [1.82, 2.24) is 10.2 Å². The Balaban J connectivity index is 1.58. The van der Waals surface area contributed by atoms with Crippen molar-refractivity contribution in [3.05, 3.63) is 59.7 Å². The molecule has 0 spiro atoms. The summed E-state index contributed by atoms with van der Waals surface area (Å²) in [6.07, 6.45) is 0. The second kappa shape index (κ2) is 6.36. The number of anilines is 1. The lowest BCUT2D eigenvalue weighted by molar-refractivity contribution is 0.102. The van der Waals surface area contributed by atoms with Gasteiger partial charge in [0.2, 0.25) is 0 Å². The van der Waals surface area contributed by atoms with Crippen LogP contribution in [0.2, 0.25) is 0 Å². The summed E-state index contributed by atoms with van der Waals surface area (Å²) in [7, 11) is 1.57. The van der Waals surface area contributed by atoms with E-state index in [2.05, 4.69) is 15.5 Å². The van der Waals surface area contributed by atoms with E-state index in [1.54, 1.807) is 31.4 Å². The van der Waals surface area contributed by atoms with Crippen LogP contribution in [-0.2, 0) is 0 Å². The summed E-state index contributed by atoms with van der Waals surface area (Å²) >= 11 is 0. The van der Waals surface area contributed by atoms with E-state index in [0.29, 0.717) is 22.7 Å². The molecule has 2 aromatic heterocycles. The normalized spacial score (nSPS) is 10.8. The van der Waals surface area contributed by atoms with Crippen LogP contribution in [0.5, 0.6) is 5.75 Å². The van der Waals surface area contributed by atoms with Crippen LogP contribution in [0.15, 0.2) is 57.4 Å². The van der Waals surface area contributed by atoms with Crippen LogP contribution in [-0.4, -0.2) is 23.2 Å². The third-order valence-electron chi connectivity index (χ3n) is 3.90. The number of benzene rings is 2. The van der Waals surface area contributed by atoms with Gasteiger partial charge in [-0.2, -0.15) is 0 Å². The largest absolute Gasteiger partial charge is 0.493 e. The Hall–Kier alpha value is -3.61. The topological polar surface area (TPSA) is 90.4 Å². The number of carbonyl (C=O) groups excluding carboxylic acids is 1. The van der Waals surface area contributed by atoms with E-state index < -0.39 is 0 Å². The summed E-state index contributed by atoms with van der Waals surface area (Å²) in [5, 5.41) is 11.2. The highest BCUT2D eigenvalue weighted by Crippen LogP contribution is 2.33. The lowest BCUT2D eigenvalue weighted by Crippen LogP contribution is -2.11. The molecule has 0 unspecified atom stereocenters. The summed E-state index contributed by atoms with van der Waals surface area (Å²) in [5.41, 5.74) is 2.17. The second-order valence-corrected chi connectivity index (χ2v) is 5.72. The Morgan fingerprint density at radius 2 is 1.88 bits per heavy atom. The molecule has 0 aliphatic carbocycles. The Morgan fingerprint density at radius 1 is 1.08 bits per heavy atom. The highest BCUT2D eigenvalue weighted by molar-refractivity contribution is 6.03. The van der Waals surface area contributed by atoms with Crippen LogP contribution in [0, 0.1) is 6.92 Å². The van der Waals surface area contributed by atoms with Gasteiger partial charge in [-0.1, -0.05) is 34.9 Å². The molecular weight excluding hydrogens is 334 g/mol. The van der Waals surface area contributed by atoms with Crippen LogP contribution in [0.3, 0.4) is 0 Å². The number of nitrogens with one attached hydrogen (secondary N) is 1. The fraction of sp³-hybridized carbons (Fsp3) is 0.105. The number of nitrogens with zero attached hydrogens (tertiary/aromatic N) is 2. The Labute approximate surface area is 148 Å². The SMILES string of the molecule is COc1cccc2cc(-c3nnc(NC(=O)c4ccc(C)cc4)o3)oc12. The number of aryl methyl sites for hydroxylation is 1. The summed E-state index contributed by atoms with van der Waals surface area (Å²) in [6, 6.07) is 14.5. The molecule has 1 amide bonds. The minimum absolute atomic E-state index is 0.00186. The van der Waals surface area contributed by atoms with Crippen molar-refractivity contribution in [3.8, 4) is 17.4 Å². The maximum Gasteiger partial charge on any atom is 0.322 e. The van der Waals surface area contributed by atoms with Crippen molar-refractivity contribution in [2.24, 2.45) is 0 Å².